The molecule has 1 unspecified atom stereocenters. The smallest absolute Gasteiger partial charge is 0.330 e. The van der Waals surface area contributed by atoms with E-state index in [1.54, 1.807) is 0 Å². The zero-order valence-electron chi connectivity index (χ0n) is 21.6. The van der Waals surface area contributed by atoms with E-state index in [-0.39, 0.29) is 0 Å². The first-order chi connectivity index (χ1) is 16.6. The number of esters is 1. The normalized spacial score (nSPS) is 13.4. The molecule has 0 saturated heterocycles. The maximum atomic E-state index is 11.6. The second-order valence-electron chi connectivity index (χ2n) is 9.95. The number of fused-ring (bicyclic) bond motifs is 1. The van der Waals surface area contributed by atoms with Crippen LogP contribution in [-0.2, 0) is 22.4 Å². The van der Waals surface area contributed by atoms with Crippen LogP contribution in [0, 0.1) is 0 Å². The fraction of sp³-hybridized carbons (Fsp3) is 0.433. The molecule has 3 rings (SSSR count). The fourth-order valence-corrected chi connectivity index (χ4v) is 5.04. The highest BCUT2D eigenvalue weighted by Crippen LogP contribution is 2.36. The Morgan fingerprint density at radius 3 is 2.54 bits per heavy atom. The Balaban J connectivity index is 1.79. The number of ether oxygens (including phenoxy) is 2. The van der Waals surface area contributed by atoms with E-state index in [4.69, 9.17) is 26.5 Å². The lowest BCUT2D eigenvalue weighted by atomic mass is 9.97. The summed E-state index contributed by atoms with van der Waals surface area (Å²) in [6, 6.07) is 14.6. The molecule has 0 aliphatic rings. The molecule has 1 heterocycles. The van der Waals surface area contributed by atoms with Crippen molar-refractivity contribution in [3.05, 3.63) is 66.2 Å². The van der Waals surface area contributed by atoms with Crippen LogP contribution in [-0.4, -0.2) is 16.5 Å². The average molecular weight is 495 g/mol. The number of rotatable bonds is 12. The van der Waals surface area contributed by atoms with E-state index in [0.717, 1.165) is 41.2 Å². The monoisotopic (exact) mass is 494 g/mol. The number of benzene rings is 2. The molecule has 35 heavy (non-hydrogen) atoms. The van der Waals surface area contributed by atoms with Gasteiger partial charge in [-0.05, 0) is 69.4 Å². The molecular weight excluding hydrogens is 456 g/mol. The number of hydrogen-bond acceptors (Lipinski definition) is 5. The van der Waals surface area contributed by atoms with E-state index in [9.17, 15) is 4.79 Å². The summed E-state index contributed by atoms with van der Waals surface area (Å²) in [5.41, 5.74) is 3.82. The molecule has 0 bridgehead atoms. The van der Waals surface area contributed by atoms with Crippen LogP contribution in [0.1, 0.15) is 71.4 Å². The quantitative estimate of drug-likeness (QED) is 0.0904. The van der Waals surface area contributed by atoms with Gasteiger partial charge in [0.2, 0.25) is 0 Å². The Morgan fingerprint density at radius 1 is 1.09 bits per heavy atom. The van der Waals surface area contributed by atoms with Gasteiger partial charge in [-0.2, -0.15) is 0 Å². The van der Waals surface area contributed by atoms with E-state index in [1.807, 2.05) is 39.0 Å². The van der Waals surface area contributed by atoms with E-state index < -0.39 is 16.5 Å². The van der Waals surface area contributed by atoms with Gasteiger partial charge in [0, 0.05) is 29.5 Å². The van der Waals surface area contributed by atoms with Crippen LogP contribution in [0.4, 0.5) is 0 Å². The van der Waals surface area contributed by atoms with Crippen LogP contribution in [0.25, 0.3) is 22.3 Å². The van der Waals surface area contributed by atoms with Crippen molar-refractivity contribution in [1.29, 1.82) is 0 Å². The summed E-state index contributed by atoms with van der Waals surface area (Å²) in [6.45, 7) is 13.4. The van der Waals surface area contributed by atoms with Gasteiger partial charge in [-0.25, -0.2) is 4.79 Å². The number of hydrogen-bond donors (Lipinski definition) is 1. The van der Waals surface area contributed by atoms with Gasteiger partial charge >= 0.3 is 5.97 Å². The molecule has 1 atom stereocenters. The van der Waals surface area contributed by atoms with Crippen molar-refractivity contribution in [3.8, 4) is 17.1 Å². The van der Waals surface area contributed by atoms with Crippen molar-refractivity contribution in [2.24, 2.45) is 0 Å². The SMILES string of the molecule is C=CC(=O)OC(C)(C)CC(C)(S)Oc1ccc2cc(-c3ccc(CCCCC)cc3CC)oc2c1. The summed E-state index contributed by atoms with van der Waals surface area (Å²) in [5, 5.41) is 1.02. The summed E-state index contributed by atoms with van der Waals surface area (Å²) >= 11 is 4.70. The lowest BCUT2D eigenvalue weighted by molar-refractivity contribution is -0.152. The largest absolute Gasteiger partial charge is 0.477 e. The second-order valence-corrected chi connectivity index (χ2v) is 10.9. The molecule has 4 nitrogen and oxygen atoms in total. The predicted molar refractivity (Wildman–Crippen MR) is 147 cm³/mol. The summed E-state index contributed by atoms with van der Waals surface area (Å²) in [7, 11) is 0. The van der Waals surface area contributed by atoms with Crippen molar-refractivity contribution < 1.29 is 18.7 Å². The molecule has 0 saturated carbocycles. The molecule has 188 valence electrons. The molecule has 0 spiro atoms. The highest BCUT2D eigenvalue weighted by atomic mass is 32.1. The lowest BCUT2D eigenvalue weighted by Crippen LogP contribution is -2.38. The molecule has 0 amide bonds. The average Bonchev–Trinajstić information content (AvgIpc) is 3.20. The molecule has 3 aromatic rings. The van der Waals surface area contributed by atoms with E-state index in [1.165, 1.54) is 30.4 Å². The molecule has 5 heteroatoms. The van der Waals surface area contributed by atoms with Crippen molar-refractivity contribution in [3.63, 3.8) is 0 Å². The highest BCUT2D eigenvalue weighted by molar-refractivity contribution is 7.81. The molecule has 0 N–H and O–H groups in total. The summed E-state index contributed by atoms with van der Waals surface area (Å²) in [4.78, 5) is 10.8. The van der Waals surface area contributed by atoms with Gasteiger partial charge in [0.25, 0.3) is 0 Å². The van der Waals surface area contributed by atoms with E-state index in [0.29, 0.717) is 12.2 Å². The molecule has 0 fully saturated rings. The van der Waals surface area contributed by atoms with E-state index in [2.05, 4.69) is 44.7 Å². The Labute approximate surface area is 215 Å². The van der Waals surface area contributed by atoms with Crippen LogP contribution < -0.4 is 4.74 Å². The minimum Gasteiger partial charge on any atom is -0.477 e. The summed E-state index contributed by atoms with van der Waals surface area (Å²) < 4.78 is 17.9. The zero-order valence-corrected chi connectivity index (χ0v) is 22.5. The third kappa shape index (κ3) is 7.41. The van der Waals surface area contributed by atoms with Gasteiger partial charge in [-0.3, -0.25) is 0 Å². The molecule has 0 aliphatic carbocycles. The van der Waals surface area contributed by atoms with Crippen molar-refractivity contribution >= 4 is 29.6 Å². The molecular formula is C30H38O4S. The number of carbonyl (C=O) groups is 1. The standard InChI is InChI=1S/C30H38O4S/c1-7-10-11-12-21-13-16-25(22(8-2)17-21)27-18-23-14-15-24(19-26(23)32-27)33-30(6,35)20-29(4,5)34-28(31)9-3/h9,13-19,35H,3,7-8,10-12,20H2,1-2,4-6H3. The molecule has 2 aromatic carbocycles. The Bertz CT molecular complexity index is 1170. The molecule has 0 aliphatic heterocycles. The first-order valence-corrected chi connectivity index (χ1v) is 12.9. The number of carbonyl (C=O) groups excluding carboxylic acids is 1. The van der Waals surface area contributed by atoms with E-state index >= 15 is 0 Å². The Kier molecular flexibility index (Phi) is 8.76. The van der Waals surface area contributed by atoms with Crippen molar-refractivity contribution in [2.45, 2.75) is 83.7 Å². The van der Waals surface area contributed by atoms with Crippen molar-refractivity contribution in [2.75, 3.05) is 0 Å². The van der Waals surface area contributed by atoms with Crippen molar-refractivity contribution in [1.82, 2.24) is 0 Å². The minimum atomic E-state index is -0.864. The zero-order chi connectivity index (χ0) is 25.6. The topological polar surface area (TPSA) is 48.7 Å². The lowest BCUT2D eigenvalue weighted by Gasteiger charge is -2.34. The predicted octanol–water partition coefficient (Wildman–Crippen LogP) is 8.32. The maximum Gasteiger partial charge on any atom is 0.330 e. The van der Waals surface area contributed by atoms with Gasteiger partial charge in [0.05, 0.1) is 0 Å². The van der Waals surface area contributed by atoms with Gasteiger partial charge in [0.15, 0.2) is 4.93 Å². The third-order valence-electron chi connectivity index (χ3n) is 6.01. The summed E-state index contributed by atoms with van der Waals surface area (Å²) in [5.74, 6) is 1.04. The van der Waals surface area contributed by atoms with Gasteiger partial charge in [0.1, 0.15) is 22.7 Å². The van der Waals surface area contributed by atoms with Crippen LogP contribution in [0.5, 0.6) is 5.75 Å². The fourth-order valence-electron chi connectivity index (χ4n) is 4.55. The second kappa shape index (κ2) is 11.4. The number of furan rings is 1. The molecule has 0 radical (unpaired) electrons. The maximum absolute atomic E-state index is 11.6. The van der Waals surface area contributed by atoms with Gasteiger partial charge in [-0.15, -0.1) is 12.6 Å². The summed E-state index contributed by atoms with van der Waals surface area (Å²) in [6.07, 6.45) is 7.33. The first-order valence-electron chi connectivity index (χ1n) is 12.5. The number of unbranched alkanes of at least 4 members (excludes halogenated alkanes) is 2. The van der Waals surface area contributed by atoms with Gasteiger partial charge < -0.3 is 13.9 Å². The van der Waals surface area contributed by atoms with Crippen LogP contribution in [0.2, 0.25) is 0 Å². The van der Waals surface area contributed by atoms with Gasteiger partial charge in [-0.1, -0.05) is 51.5 Å². The third-order valence-corrected chi connectivity index (χ3v) is 6.26. The van der Waals surface area contributed by atoms with Crippen LogP contribution in [0.3, 0.4) is 0 Å². The minimum absolute atomic E-state index is 0.384. The Hall–Kier alpha value is -2.66. The Morgan fingerprint density at radius 2 is 1.86 bits per heavy atom. The first kappa shape index (κ1) is 26.9. The van der Waals surface area contributed by atoms with Crippen LogP contribution >= 0.6 is 12.6 Å². The number of aryl methyl sites for hydroxylation is 2. The number of thiol groups is 1. The highest BCUT2D eigenvalue weighted by Gasteiger charge is 2.34. The van der Waals surface area contributed by atoms with Crippen LogP contribution in [0.15, 0.2) is 59.5 Å². The molecule has 1 aromatic heterocycles.